The lowest BCUT2D eigenvalue weighted by Crippen LogP contribution is -2.11. The third-order valence-electron chi connectivity index (χ3n) is 2.89. The standard InChI is InChI=1S/C14H13N3O5/c1-21-13-12(17(19)20)10(15-14(16-13)22-2)8-11(18)9-6-4-3-5-7-9/h3-7H,8H2,1-2H3. The molecular formula is C14H13N3O5. The summed E-state index contributed by atoms with van der Waals surface area (Å²) in [5, 5.41) is 11.2. The molecule has 0 atom stereocenters. The Morgan fingerprint density at radius 1 is 1.18 bits per heavy atom. The molecule has 1 aromatic carbocycles. The molecule has 0 N–H and O–H groups in total. The predicted octanol–water partition coefficient (Wildman–Crippen LogP) is 1.83. The molecular weight excluding hydrogens is 290 g/mol. The van der Waals surface area contributed by atoms with Crippen molar-refractivity contribution in [2.24, 2.45) is 0 Å². The summed E-state index contributed by atoms with van der Waals surface area (Å²) in [6, 6.07) is 8.35. The van der Waals surface area contributed by atoms with E-state index in [-0.39, 0.29) is 29.8 Å². The average molecular weight is 303 g/mol. The smallest absolute Gasteiger partial charge is 0.352 e. The first-order valence-corrected chi connectivity index (χ1v) is 6.28. The van der Waals surface area contributed by atoms with Gasteiger partial charge in [0.25, 0.3) is 0 Å². The van der Waals surface area contributed by atoms with Crippen LogP contribution in [0.2, 0.25) is 0 Å². The van der Waals surface area contributed by atoms with Crippen molar-refractivity contribution in [3.63, 3.8) is 0 Å². The zero-order valence-corrected chi connectivity index (χ0v) is 12.0. The summed E-state index contributed by atoms with van der Waals surface area (Å²) in [6.07, 6.45) is -0.254. The minimum absolute atomic E-state index is 0.0532. The molecule has 8 heteroatoms. The molecule has 8 nitrogen and oxygen atoms in total. The minimum Gasteiger partial charge on any atom is -0.476 e. The topological polar surface area (TPSA) is 104 Å². The highest BCUT2D eigenvalue weighted by Gasteiger charge is 2.27. The van der Waals surface area contributed by atoms with E-state index in [4.69, 9.17) is 9.47 Å². The summed E-state index contributed by atoms with van der Waals surface area (Å²) >= 11 is 0. The second-order valence-corrected chi connectivity index (χ2v) is 4.24. The molecule has 0 spiro atoms. The lowest BCUT2D eigenvalue weighted by atomic mass is 10.1. The number of ether oxygens (including phenoxy) is 2. The van der Waals surface area contributed by atoms with E-state index < -0.39 is 10.6 Å². The molecule has 1 aromatic heterocycles. The summed E-state index contributed by atoms with van der Waals surface area (Å²) in [5.74, 6) is -0.542. The molecule has 0 amide bonds. The van der Waals surface area contributed by atoms with E-state index in [1.807, 2.05) is 0 Å². The van der Waals surface area contributed by atoms with Crippen LogP contribution in [-0.2, 0) is 6.42 Å². The Morgan fingerprint density at radius 3 is 2.41 bits per heavy atom. The van der Waals surface area contributed by atoms with Crippen molar-refractivity contribution >= 4 is 11.5 Å². The highest BCUT2D eigenvalue weighted by atomic mass is 16.6. The lowest BCUT2D eigenvalue weighted by molar-refractivity contribution is -0.387. The normalized spacial score (nSPS) is 10.1. The van der Waals surface area contributed by atoms with Gasteiger partial charge >= 0.3 is 17.6 Å². The van der Waals surface area contributed by atoms with E-state index in [0.29, 0.717) is 5.56 Å². The number of ketones is 1. The second kappa shape index (κ2) is 6.61. The van der Waals surface area contributed by atoms with Crippen LogP contribution in [0.15, 0.2) is 30.3 Å². The molecule has 0 fully saturated rings. The summed E-state index contributed by atoms with van der Waals surface area (Å²) in [7, 11) is 2.57. The van der Waals surface area contributed by atoms with Gasteiger partial charge in [0.1, 0.15) is 5.69 Å². The number of nitrogens with zero attached hydrogens (tertiary/aromatic N) is 3. The number of rotatable bonds is 6. The molecule has 22 heavy (non-hydrogen) atoms. The van der Waals surface area contributed by atoms with Crippen LogP contribution >= 0.6 is 0 Å². The Balaban J connectivity index is 2.44. The summed E-state index contributed by atoms with van der Waals surface area (Å²) in [4.78, 5) is 30.4. The van der Waals surface area contributed by atoms with Crippen LogP contribution in [0, 0.1) is 10.1 Å². The fourth-order valence-corrected chi connectivity index (χ4v) is 1.88. The van der Waals surface area contributed by atoms with Crippen molar-refractivity contribution in [3.05, 3.63) is 51.7 Å². The molecule has 0 saturated carbocycles. The van der Waals surface area contributed by atoms with Gasteiger partial charge in [0.2, 0.25) is 0 Å². The minimum atomic E-state index is -0.675. The van der Waals surface area contributed by atoms with E-state index in [2.05, 4.69) is 9.97 Å². The Bertz CT molecular complexity index is 703. The molecule has 2 rings (SSSR count). The van der Waals surface area contributed by atoms with Crippen molar-refractivity contribution in [3.8, 4) is 11.9 Å². The Hall–Kier alpha value is -3.03. The third-order valence-corrected chi connectivity index (χ3v) is 2.89. The lowest BCUT2D eigenvalue weighted by Gasteiger charge is -2.07. The van der Waals surface area contributed by atoms with Gasteiger partial charge in [-0.15, -0.1) is 0 Å². The van der Waals surface area contributed by atoms with Gasteiger partial charge in [-0.05, 0) is 0 Å². The van der Waals surface area contributed by atoms with Crippen LogP contribution in [0.1, 0.15) is 16.1 Å². The molecule has 0 aliphatic rings. The van der Waals surface area contributed by atoms with E-state index in [9.17, 15) is 14.9 Å². The van der Waals surface area contributed by atoms with Crippen LogP contribution in [0.3, 0.4) is 0 Å². The number of benzene rings is 1. The van der Waals surface area contributed by atoms with Crippen molar-refractivity contribution in [2.45, 2.75) is 6.42 Å². The number of nitro groups is 1. The van der Waals surface area contributed by atoms with Crippen molar-refractivity contribution in [2.75, 3.05) is 14.2 Å². The highest BCUT2D eigenvalue weighted by molar-refractivity contribution is 5.97. The quantitative estimate of drug-likeness (QED) is 0.455. The maximum absolute atomic E-state index is 12.2. The zero-order valence-electron chi connectivity index (χ0n) is 12.0. The highest BCUT2D eigenvalue weighted by Crippen LogP contribution is 2.30. The van der Waals surface area contributed by atoms with Crippen LogP contribution in [0.25, 0.3) is 0 Å². The van der Waals surface area contributed by atoms with Gasteiger partial charge in [0.05, 0.1) is 25.6 Å². The zero-order chi connectivity index (χ0) is 16.1. The van der Waals surface area contributed by atoms with E-state index in [1.54, 1.807) is 30.3 Å². The van der Waals surface area contributed by atoms with Crippen molar-refractivity contribution < 1.29 is 19.2 Å². The van der Waals surface area contributed by atoms with E-state index in [1.165, 1.54) is 14.2 Å². The van der Waals surface area contributed by atoms with Crippen molar-refractivity contribution in [1.82, 2.24) is 9.97 Å². The van der Waals surface area contributed by atoms with Gasteiger partial charge in [-0.2, -0.15) is 9.97 Å². The molecule has 114 valence electrons. The second-order valence-electron chi connectivity index (χ2n) is 4.24. The van der Waals surface area contributed by atoms with Crippen LogP contribution < -0.4 is 9.47 Å². The maximum atomic E-state index is 12.2. The number of hydrogen-bond donors (Lipinski definition) is 0. The first-order chi connectivity index (χ1) is 10.6. The SMILES string of the molecule is COc1nc(CC(=O)c2ccccc2)c([N+](=O)[O-])c(OC)n1. The van der Waals surface area contributed by atoms with Gasteiger partial charge in [0.15, 0.2) is 5.78 Å². The Labute approximate surface area is 125 Å². The van der Waals surface area contributed by atoms with Gasteiger partial charge in [-0.3, -0.25) is 14.9 Å². The largest absolute Gasteiger partial charge is 0.476 e. The number of Topliss-reactive ketones (excluding diaryl/α,β-unsaturated/α-hetero) is 1. The van der Waals surface area contributed by atoms with Crippen molar-refractivity contribution in [1.29, 1.82) is 0 Å². The number of aromatic nitrogens is 2. The first kappa shape index (κ1) is 15.4. The molecule has 0 bridgehead atoms. The maximum Gasteiger partial charge on any atom is 0.352 e. The van der Waals surface area contributed by atoms with Gasteiger partial charge < -0.3 is 9.47 Å². The molecule has 0 saturated heterocycles. The first-order valence-electron chi connectivity index (χ1n) is 6.28. The fourth-order valence-electron chi connectivity index (χ4n) is 1.88. The molecule has 0 aliphatic carbocycles. The monoisotopic (exact) mass is 303 g/mol. The number of methoxy groups -OCH3 is 2. The van der Waals surface area contributed by atoms with Crippen LogP contribution in [-0.4, -0.2) is 34.9 Å². The van der Waals surface area contributed by atoms with E-state index >= 15 is 0 Å². The molecule has 0 aliphatic heterocycles. The molecule has 0 radical (unpaired) electrons. The van der Waals surface area contributed by atoms with Gasteiger partial charge in [0, 0.05) is 5.56 Å². The molecule has 0 unspecified atom stereocenters. The van der Waals surface area contributed by atoms with Gasteiger partial charge in [-0.1, -0.05) is 30.3 Å². The Kier molecular flexibility index (Phi) is 4.62. The van der Waals surface area contributed by atoms with Crippen LogP contribution in [0.5, 0.6) is 11.9 Å². The van der Waals surface area contributed by atoms with E-state index in [0.717, 1.165) is 0 Å². The summed E-state index contributed by atoms with van der Waals surface area (Å²) in [6.45, 7) is 0. The summed E-state index contributed by atoms with van der Waals surface area (Å²) < 4.78 is 9.78. The number of carbonyl (C=O) groups is 1. The number of hydrogen-bond acceptors (Lipinski definition) is 7. The van der Waals surface area contributed by atoms with Gasteiger partial charge in [-0.25, -0.2) is 0 Å². The fraction of sp³-hybridized carbons (Fsp3) is 0.214. The third kappa shape index (κ3) is 3.17. The number of carbonyl (C=O) groups excluding carboxylic acids is 1. The molecule has 1 heterocycles. The molecule has 2 aromatic rings. The summed E-state index contributed by atoms with van der Waals surface area (Å²) in [5.41, 5.74) is -0.0523. The predicted molar refractivity (Wildman–Crippen MR) is 76.3 cm³/mol. The Morgan fingerprint density at radius 2 is 1.86 bits per heavy atom. The van der Waals surface area contributed by atoms with Crippen LogP contribution in [0.4, 0.5) is 5.69 Å². The average Bonchev–Trinajstić information content (AvgIpc) is 2.54.